The third-order valence-electron chi connectivity index (χ3n) is 6.04. The molecule has 174 valence electrons. The second-order valence-corrected chi connectivity index (χ2v) is 9.85. The Balaban J connectivity index is 1.98. The van der Waals surface area contributed by atoms with E-state index in [-0.39, 0.29) is 40.5 Å². The molecular formula is C21H22BClNO8P. The average Bonchev–Trinajstić information content (AvgIpc) is 2.70. The van der Waals surface area contributed by atoms with Gasteiger partial charge >= 0.3 is 7.82 Å². The van der Waals surface area contributed by atoms with E-state index in [9.17, 15) is 29.4 Å². The summed E-state index contributed by atoms with van der Waals surface area (Å²) in [7, 11) is -1.15. The van der Waals surface area contributed by atoms with Gasteiger partial charge in [0.05, 0.1) is 11.1 Å². The number of likely N-dealkylation sites (N-methyl/N-ethyl adjacent to an activating group) is 1. The molecule has 9 nitrogen and oxygen atoms in total. The predicted octanol–water partition coefficient (Wildman–Crippen LogP) is 2.38. The zero-order valence-electron chi connectivity index (χ0n) is 17.8. The fraction of sp³-hybridized carbons (Fsp3) is 0.286. The Morgan fingerprint density at radius 1 is 1.21 bits per heavy atom. The minimum absolute atomic E-state index is 0.0339. The Morgan fingerprint density at radius 3 is 2.58 bits per heavy atom. The highest BCUT2D eigenvalue weighted by Gasteiger charge is 2.40. The maximum absolute atomic E-state index is 13.0. The van der Waals surface area contributed by atoms with Crippen LogP contribution in [0.15, 0.2) is 45.6 Å². The van der Waals surface area contributed by atoms with Crippen molar-refractivity contribution in [3.05, 3.63) is 57.2 Å². The van der Waals surface area contributed by atoms with Gasteiger partial charge in [-0.1, -0.05) is 23.7 Å². The summed E-state index contributed by atoms with van der Waals surface area (Å²) < 4.78 is 22.8. The molecule has 33 heavy (non-hydrogen) atoms. The summed E-state index contributed by atoms with van der Waals surface area (Å²) in [5, 5.41) is 21.4. The van der Waals surface area contributed by atoms with Crippen molar-refractivity contribution in [3.63, 3.8) is 0 Å². The monoisotopic (exact) mass is 493 g/mol. The highest BCUT2D eigenvalue weighted by atomic mass is 35.5. The number of hydrogen-bond acceptors (Lipinski definition) is 7. The summed E-state index contributed by atoms with van der Waals surface area (Å²) in [5.41, 5.74) is -0.0757. The molecule has 12 heteroatoms. The Hall–Kier alpha value is -2.33. The molecule has 1 aliphatic rings. The third-order valence-corrected chi connectivity index (χ3v) is 6.92. The van der Waals surface area contributed by atoms with Crippen molar-refractivity contribution in [1.82, 2.24) is 4.90 Å². The summed E-state index contributed by atoms with van der Waals surface area (Å²) in [5.74, 6) is -1.50. The first-order valence-corrected chi connectivity index (χ1v) is 12.1. The first kappa shape index (κ1) is 23.8. The van der Waals surface area contributed by atoms with E-state index in [0.29, 0.717) is 17.0 Å². The maximum atomic E-state index is 13.0. The van der Waals surface area contributed by atoms with Crippen LogP contribution in [0.1, 0.15) is 17.9 Å². The SMILES string of the molecule is BC1CC(c2c(O)cc(O)c3c(=O)cc(-c4ccccc4Cl)oc23)C(OP(=O)(O)O)CN1C. The van der Waals surface area contributed by atoms with Gasteiger partial charge in [0.25, 0.3) is 0 Å². The van der Waals surface area contributed by atoms with Crippen molar-refractivity contribution in [2.75, 3.05) is 13.6 Å². The quantitative estimate of drug-likeness (QED) is 0.318. The molecule has 1 fully saturated rings. The number of fused-ring (bicyclic) bond motifs is 1. The van der Waals surface area contributed by atoms with Crippen LogP contribution in [0.5, 0.6) is 11.5 Å². The largest absolute Gasteiger partial charge is 0.507 e. The van der Waals surface area contributed by atoms with Crippen LogP contribution in [-0.4, -0.2) is 58.4 Å². The van der Waals surface area contributed by atoms with Gasteiger partial charge in [-0.2, -0.15) is 0 Å². The topological polar surface area (TPSA) is 141 Å². The number of nitrogens with zero attached hydrogens (tertiary/aromatic N) is 1. The molecule has 0 bridgehead atoms. The zero-order valence-corrected chi connectivity index (χ0v) is 19.5. The maximum Gasteiger partial charge on any atom is 0.469 e. The first-order chi connectivity index (χ1) is 15.5. The van der Waals surface area contributed by atoms with Gasteiger partial charge in [-0.05, 0) is 31.5 Å². The molecule has 0 spiro atoms. The van der Waals surface area contributed by atoms with Crippen LogP contribution >= 0.6 is 19.4 Å². The summed E-state index contributed by atoms with van der Waals surface area (Å²) in [4.78, 5) is 33.8. The summed E-state index contributed by atoms with van der Waals surface area (Å²) >= 11 is 6.27. The molecule has 3 aromatic rings. The van der Waals surface area contributed by atoms with Crippen LogP contribution < -0.4 is 5.43 Å². The lowest BCUT2D eigenvalue weighted by Crippen LogP contribution is -2.48. The first-order valence-electron chi connectivity index (χ1n) is 10.2. The molecule has 1 aromatic heterocycles. The van der Waals surface area contributed by atoms with Crippen molar-refractivity contribution < 1.29 is 33.5 Å². The molecule has 0 amide bonds. The lowest BCUT2D eigenvalue weighted by atomic mass is 9.76. The smallest absolute Gasteiger partial charge is 0.469 e. The van der Waals surface area contributed by atoms with E-state index in [0.717, 1.165) is 6.07 Å². The molecule has 3 atom stereocenters. The molecule has 4 rings (SSSR count). The number of halogens is 1. The van der Waals surface area contributed by atoms with Gasteiger partial charge in [0.2, 0.25) is 0 Å². The van der Waals surface area contributed by atoms with E-state index in [1.807, 2.05) is 12.7 Å². The van der Waals surface area contributed by atoms with Gasteiger partial charge in [-0.15, -0.1) is 0 Å². The van der Waals surface area contributed by atoms with Crippen LogP contribution in [-0.2, 0) is 9.09 Å². The number of phosphoric ester groups is 1. The molecule has 1 aliphatic heterocycles. The normalized spacial score (nSPS) is 22.0. The number of hydrogen-bond donors (Lipinski definition) is 4. The van der Waals surface area contributed by atoms with Crippen molar-refractivity contribution >= 4 is 38.2 Å². The third kappa shape index (κ3) is 4.68. The Kier molecular flexibility index (Phi) is 6.35. The van der Waals surface area contributed by atoms with Crippen molar-refractivity contribution in [1.29, 1.82) is 0 Å². The minimum atomic E-state index is -4.86. The minimum Gasteiger partial charge on any atom is -0.507 e. The molecule has 2 heterocycles. The highest BCUT2D eigenvalue weighted by Crippen LogP contribution is 2.48. The summed E-state index contributed by atoms with van der Waals surface area (Å²) in [6.07, 6.45) is -0.672. The van der Waals surface area contributed by atoms with Crippen LogP contribution in [0, 0.1) is 0 Å². The molecule has 3 unspecified atom stereocenters. The molecule has 0 saturated carbocycles. The summed E-state index contributed by atoms with van der Waals surface area (Å²) in [6.45, 7) is 0.160. The van der Waals surface area contributed by atoms with Gasteiger partial charge < -0.3 is 29.3 Å². The number of likely N-dealkylation sites (tertiary alicyclic amines) is 1. The number of phosphoric acid groups is 1. The van der Waals surface area contributed by atoms with Crippen LogP contribution in [0.3, 0.4) is 0 Å². The lowest BCUT2D eigenvalue weighted by molar-refractivity contribution is 0.0458. The fourth-order valence-electron chi connectivity index (χ4n) is 4.35. The summed E-state index contributed by atoms with van der Waals surface area (Å²) in [6, 6.07) is 8.95. The molecule has 0 aliphatic carbocycles. The number of benzene rings is 2. The zero-order chi connectivity index (χ0) is 24.1. The van der Waals surface area contributed by atoms with Crippen LogP contribution in [0.2, 0.25) is 5.02 Å². The van der Waals surface area contributed by atoms with Gasteiger partial charge in [-0.3, -0.25) is 9.32 Å². The second kappa shape index (κ2) is 8.79. The Bertz CT molecular complexity index is 1330. The Labute approximate surface area is 194 Å². The molecule has 0 radical (unpaired) electrons. The van der Waals surface area contributed by atoms with Crippen molar-refractivity contribution in [2.45, 2.75) is 24.4 Å². The molecular weight excluding hydrogens is 471 g/mol. The van der Waals surface area contributed by atoms with Gasteiger partial charge in [0.15, 0.2) is 5.43 Å². The average molecular weight is 494 g/mol. The van der Waals surface area contributed by atoms with Crippen LogP contribution in [0.4, 0.5) is 0 Å². The Morgan fingerprint density at radius 2 is 1.91 bits per heavy atom. The number of phenolic OH excluding ortho intramolecular Hbond substituents is 2. The second-order valence-electron chi connectivity index (χ2n) is 8.25. The van der Waals surface area contributed by atoms with Crippen LogP contribution in [0.25, 0.3) is 22.3 Å². The van der Waals surface area contributed by atoms with Crippen molar-refractivity contribution in [2.24, 2.45) is 0 Å². The van der Waals surface area contributed by atoms with E-state index < -0.39 is 31.0 Å². The van der Waals surface area contributed by atoms with E-state index in [1.54, 1.807) is 31.3 Å². The number of phenols is 2. The van der Waals surface area contributed by atoms with Gasteiger partial charge in [0.1, 0.15) is 36.1 Å². The number of piperidine rings is 1. The lowest BCUT2D eigenvalue weighted by Gasteiger charge is -2.41. The predicted molar refractivity (Wildman–Crippen MR) is 125 cm³/mol. The molecule has 4 N–H and O–H groups in total. The molecule has 1 saturated heterocycles. The van der Waals surface area contributed by atoms with E-state index >= 15 is 0 Å². The standard InChI is InChI=1S/C21H22BClNO8P/c1-24-9-17(32-33(28,29)30)11(6-18(24)22)19-13(25)7-14(26)20-15(27)8-16(31-21(19)20)10-4-2-3-5-12(10)23/h2-5,7-8,11,17-18,25-26H,6,9,22H2,1H3,(H2,28,29,30). The fourth-order valence-corrected chi connectivity index (χ4v) is 5.15. The number of aromatic hydroxyl groups is 2. The van der Waals surface area contributed by atoms with Crippen molar-refractivity contribution in [3.8, 4) is 22.8 Å². The van der Waals surface area contributed by atoms with E-state index in [2.05, 4.69) is 0 Å². The van der Waals surface area contributed by atoms with Gasteiger partial charge in [0, 0.05) is 35.7 Å². The highest BCUT2D eigenvalue weighted by molar-refractivity contribution is 7.46. The van der Waals surface area contributed by atoms with Gasteiger partial charge in [-0.25, -0.2) is 4.57 Å². The van der Waals surface area contributed by atoms with E-state index in [1.165, 1.54) is 6.07 Å². The van der Waals surface area contributed by atoms with E-state index in [4.69, 9.17) is 20.5 Å². The molecule has 2 aromatic carbocycles. The number of rotatable bonds is 4.